The van der Waals surface area contributed by atoms with Gasteiger partial charge in [-0.05, 0) is 67.4 Å². The van der Waals surface area contributed by atoms with Crippen LogP contribution < -0.4 is 19.5 Å². The van der Waals surface area contributed by atoms with E-state index in [-0.39, 0.29) is 18.2 Å². The lowest BCUT2D eigenvalue weighted by molar-refractivity contribution is -0.129. The number of hydrogen-bond donors (Lipinski definition) is 1. The van der Waals surface area contributed by atoms with Gasteiger partial charge in [-0.15, -0.1) is 0 Å². The highest BCUT2D eigenvalue weighted by molar-refractivity contribution is 8.15. The normalized spacial score (nSPS) is 16.3. The van der Waals surface area contributed by atoms with Crippen LogP contribution >= 0.6 is 11.8 Å². The summed E-state index contributed by atoms with van der Waals surface area (Å²) in [5.74, 6) is 1.65. The lowest BCUT2D eigenvalue weighted by atomic mass is 10.1. The van der Waals surface area contributed by atoms with Gasteiger partial charge in [0.1, 0.15) is 22.5 Å². The van der Waals surface area contributed by atoms with Crippen LogP contribution in [0.25, 0.3) is 0 Å². The molecule has 1 aliphatic rings. The van der Waals surface area contributed by atoms with E-state index in [1.165, 1.54) is 11.8 Å². The summed E-state index contributed by atoms with van der Waals surface area (Å²) in [6.45, 7) is 2.94. The van der Waals surface area contributed by atoms with Gasteiger partial charge in [0.05, 0.1) is 32.2 Å². The van der Waals surface area contributed by atoms with E-state index in [0.29, 0.717) is 41.9 Å². The minimum atomic E-state index is -0.633. The molecule has 3 aromatic rings. The number of hydrogen-bond acceptors (Lipinski definition) is 7. The molecule has 0 spiro atoms. The van der Waals surface area contributed by atoms with E-state index in [4.69, 9.17) is 19.2 Å². The van der Waals surface area contributed by atoms with Gasteiger partial charge >= 0.3 is 0 Å². The Morgan fingerprint density at radius 1 is 1.00 bits per heavy atom. The van der Waals surface area contributed by atoms with Crippen molar-refractivity contribution in [3.05, 3.63) is 78.4 Å². The number of rotatable bonds is 10. The van der Waals surface area contributed by atoms with Crippen LogP contribution in [0.1, 0.15) is 18.9 Å². The van der Waals surface area contributed by atoms with Gasteiger partial charge in [0.2, 0.25) is 11.8 Å². The van der Waals surface area contributed by atoms with E-state index in [1.807, 2.05) is 67.6 Å². The molecule has 1 fully saturated rings. The molecule has 1 atom stereocenters. The van der Waals surface area contributed by atoms with E-state index in [0.717, 1.165) is 17.1 Å². The molecule has 0 radical (unpaired) electrons. The molecule has 1 saturated heterocycles. The molecule has 38 heavy (non-hydrogen) atoms. The number of amides is 2. The van der Waals surface area contributed by atoms with Crippen molar-refractivity contribution >= 4 is 40.1 Å². The number of para-hydroxylation sites is 2. The van der Waals surface area contributed by atoms with Crippen LogP contribution in [0.5, 0.6) is 17.2 Å². The predicted octanol–water partition coefficient (Wildman–Crippen LogP) is 5.31. The molecule has 4 rings (SSSR count). The number of aliphatic imine (C=N–C) groups is 1. The zero-order valence-electron chi connectivity index (χ0n) is 21.7. The van der Waals surface area contributed by atoms with Crippen molar-refractivity contribution in [3.63, 3.8) is 0 Å². The summed E-state index contributed by atoms with van der Waals surface area (Å²) >= 11 is 1.29. The van der Waals surface area contributed by atoms with Crippen molar-refractivity contribution in [2.45, 2.75) is 25.0 Å². The molecule has 1 unspecified atom stereocenters. The molecular formula is C29H31N3O5S. The number of methoxy groups -OCH3 is 2. The molecule has 0 saturated carbocycles. The van der Waals surface area contributed by atoms with Crippen LogP contribution in [-0.4, -0.2) is 54.5 Å². The van der Waals surface area contributed by atoms with Gasteiger partial charge < -0.3 is 19.5 Å². The molecule has 1 N–H and O–H groups in total. The minimum absolute atomic E-state index is 0.0660. The number of thioether (sulfide) groups is 1. The van der Waals surface area contributed by atoms with Crippen LogP contribution in [0, 0.1) is 0 Å². The number of ether oxygens (including phenoxy) is 3. The van der Waals surface area contributed by atoms with E-state index in [9.17, 15) is 9.59 Å². The minimum Gasteiger partial charge on any atom is -0.497 e. The lowest BCUT2D eigenvalue weighted by Gasteiger charge is -2.32. The van der Waals surface area contributed by atoms with Gasteiger partial charge in [-0.3, -0.25) is 14.5 Å². The third-order valence-corrected chi connectivity index (χ3v) is 7.14. The van der Waals surface area contributed by atoms with Crippen molar-refractivity contribution in [1.29, 1.82) is 0 Å². The van der Waals surface area contributed by atoms with Gasteiger partial charge in [0.15, 0.2) is 5.17 Å². The van der Waals surface area contributed by atoms with Crippen molar-refractivity contribution in [1.82, 2.24) is 4.90 Å². The number of carbonyl (C=O) groups is 2. The second-order valence-corrected chi connectivity index (χ2v) is 9.63. The fourth-order valence-corrected chi connectivity index (χ4v) is 5.07. The van der Waals surface area contributed by atoms with Crippen molar-refractivity contribution < 1.29 is 23.8 Å². The fourth-order valence-electron chi connectivity index (χ4n) is 3.95. The summed E-state index contributed by atoms with van der Waals surface area (Å²) in [5.41, 5.74) is 2.30. The van der Waals surface area contributed by atoms with Crippen LogP contribution in [0.2, 0.25) is 0 Å². The molecule has 0 aromatic heterocycles. The van der Waals surface area contributed by atoms with Gasteiger partial charge in [-0.2, -0.15) is 0 Å². The average Bonchev–Trinajstić information content (AvgIpc) is 2.94. The van der Waals surface area contributed by atoms with Crippen LogP contribution in [0.15, 0.2) is 77.8 Å². The summed E-state index contributed by atoms with van der Waals surface area (Å²) in [4.78, 5) is 33.0. The first kappa shape index (κ1) is 27.1. The SMILES string of the molecule is CCOc1ccc(N=C2SC(C(=O)Nc3ccccc3OC)CC(=O)N2CCc2ccc(OC)cc2)cc1. The third-order valence-electron chi connectivity index (χ3n) is 5.95. The number of nitrogens with zero attached hydrogens (tertiary/aromatic N) is 2. The predicted molar refractivity (Wildman–Crippen MR) is 151 cm³/mol. The van der Waals surface area contributed by atoms with Crippen LogP contribution in [0.3, 0.4) is 0 Å². The molecular weight excluding hydrogens is 502 g/mol. The van der Waals surface area contributed by atoms with Crippen molar-refractivity contribution in [3.8, 4) is 17.2 Å². The van der Waals surface area contributed by atoms with Crippen LogP contribution in [0.4, 0.5) is 11.4 Å². The molecule has 198 valence electrons. The first-order valence-corrected chi connectivity index (χ1v) is 13.2. The maximum atomic E-state index is 13.3. The Kier molecular flexibility index (Phi) is 9.26. The maximum Gasteiger partial charge on any atom is 0.238 e. The zero-order valence-corrected chi connectivity index (χ0v) is 22.5. The van der Waals surface area contributed by atoms with Crippen LogP contribution in [-0.2, 0) is 16.0 Å². The quantitative estimate of drug-likeness (QED) is 0.380. The number of anilines is 1. The molecule has 0 aliphatic carbocycles. The molecule has 2 amide bonds. The van der Waals surface area contributed by atoms with E-state index in [2.05, 4.69) is 5.32 Å². The largest absolute Gasteiger partial charge is 0.497 e. The molecule has 1 aliphatic heterocycles. The average molecular weight is 534 g/mol. The summed E-state index contributed by atoms with van der Waals surface area (Å²) < 4.78 is 16.1. The second kappa shape index (κ2) is 13.0. The van der Waals surface area contributed by atoms with Gasteiger partial charge in [-0.25, -0.2) is 4.99 Å². The number of carbonyl (C=O) groups excluding carboxylic acids is 2. The summed E-state index contributed by atoms with van der Waals surface area (Å²) in [7, 11) is 3.18. The number of benzene rings is 3. The fraction of sp³-hybridized carbons (Fsp3) is 0.276. The van der Waals surface area contributed by atoms with Crippen molar-refractivity contribution in [2.75, 3.05) is 32.7 Å². The highest BCUT2D eigenvalue weighted by Gasteiger charge is 2.36. The van der Waals surface area contributed by atoms with Gasteiger partial charge in [0, 0.05) is 13.0 Å². The third kappa shape index (κ3) is 6.86. The standard InChI is InChI=1S/C29H31N3O5S/c1-4-37-23-15-11-21(12-16-23)30-29-32(18-17-20-9-13-22(35-2)14-10-20)27(33)19-26(38-29)28(34)31-24-7-5-6-8-25(24)36-3/h5-16,26H,4,17-19H2,1-3H3,(H,31,34). The Morgan fingerprint density at radius 2 is 1.71 bits per heavy atom. The highest BCUT2D eigenvalue weighted by atomic mass is 32.2. The highest BCUT2D eigenvalue weighted by Crippen LogP contribution is 2.32. The lowest BCUT2D eigenvalue weighted by Crippen LogP contribution is -2.46. The summed E-state index contributed by atoms with van der Waals surface area (Å²) in [6.07, 6.45) is 0.702. The molecule has 0 bridgehead atoms. The molecule has 1 heterocycles. The second-order valence-electron chi connectivity index (χ2n) is 8.46. The number of nitrogens with one attached hydrogen (secondary N) is 1. The first-order valence-electron chi connectivity index (χ1n) is 12.4. The smallest absolute Gasteiger partial charge is 0.238 e. The maximum absolute atomic E-state index is 13.3. The van der Waals surface area contributed by atoms with Gasteiger partial charge in [-0.1, -0.05) is 36.0 Å². The molecule has 9 heteroatoms. The molecule has 8 nitrogen and oxygen atoms in total. The monoisotopic (exact) mass is 533 g/mol. The summed E-state index contributed by atoms with van der Waals surface area (Å²) in [5, 5.41) is 2.75. The Labute approximate surface area is 227 Å². The Bertz CT molecular complexity index is 1280. The van der Waals surface area contributed by atoms with Gasteiger partial charge in [0.25, 0.3) is 0 Å². The zero-order chi connectivity index (χ0) is 26.9. The Balaban J connectivity index is 1.55. The number of amidine groups is 1. The first-order chi connectivity index (χ1) is 18.5. The Morgan fingerprint density at radius 3 is 2.39 bits per heavy atom. The van der Waals surface area contributed by atoms with E-state index in [1.54, 1.807) is 31.3 Å². The van der Waals surface area contributed by atoms with E-state index >= 15 is 0 Å². The summed E-state index contributed by atoms with van der Waals surface area (Å²) in [6, 6.07) is 22.3. The topological polar surface area (TPSA) is 89.5 Å². The molecule has 3 aromatic carbocycles. The Hall–Kier alpha value is -3.98. The van der Waals surface area contributed by atoms with E-state index < -0.39 is 5.25 Å². The van der Waals surface area contributed by atoms with Crippen molar-refractivity contribution in [2.24, 2.45) is 4.99 Å².